The van der Waals surface area contributed by atoms with E-state index in [0.717, 1.165) is 17.7 Å². The minimum atomic E-state index is 0.913. The van der Waals surface area contributed by atoms with Gasteiger partial charge in [0.15, 0.2) is 0 Å². The van der Waals surface area contributed by atoms with Gasteiger partial charge in [-0.25, -0.2) is 9.13 Å². The van der Waals surface area contributed by atoms with Gasteiger partial charge in [0.2, 0.25) is 6.33 Å². The van der Waals surface area contributed by atoms with Gasteiger partial charge in [0.1, 0.15) is 18.3 Å². The summed E-state index contributed by atoms with van der Waals surface area (Å²) in [4.78, 5) is 0. The van der Waals surface area contributed by atoms with Gasteiger partial charge in [-0.05, 0) is 19.8 Å². The van der Waals surface area contributed by atoms with E-state index in [0.29, 0.717) is 0 Å². The highest BCUT2D eigenvalue weighted by Gasteiger charge is 2.14. The maximum Gasteiger partial charge on any atom is 0.244 e. The average molecular weight is 225 g/mol. The summed E-state index contributed by atoms with van der Waals surface area (Å²) in [6.07, 6.45) is 13.7. The number of rotatable bonds is 4. The minimum Gasteiger partial charge on any atom is -0.237 e. The van der Waals surface area contributed by atoms with E-state index in [4.69, 9.17) is 0 Å². The largest absolute Gasteiger partial charge is 0.244 e. The Hall–Kier alpha value is -0.440. The lowest BCUT2D eigenvalue weighted by atomic mass is 10.0. The molecule has 1 aliphatic rings. The molecule has 1 heterocycles. The molecule has 2 rings (SSSR count). The van der Waals surface area contributed by atoms with Crippen LogP contribution in [0.15, 0.2) is 18.7 Å². The Morgan fingerprint density at radius 2 is 2.13 bits per heavy atom. The normalized spacial score (nSPS) is 18.2. The molecule has 0 saturated heterocycles. The molecular weight excluding hydrogens is 204 g/mol. The topological polar surface area (TPSA) is 8.81 Å². The Bertz CT molecular complexity index is 290. The molecular formula is C12H21N2S+. The summed E-state index contributed by atoms with van der Waals surface area (Å²) in [5, 5.41) is 0.913. The molecule has 1 aliphatic carbocycles. The van der Waals surface area contributed by atoms with Crippen molar-refractivity contribution in [1.82, 2.24) is 4.57 Å². The van der Waals surface area contributed by atoms with E-state index in [1.807, 2.05) is 0 Å². The molecule has 1 aromatic heterocycles. The Balaban J connectivity index is 1.76. The van der Waals surface area contributed by atoms with Crippen LogP contribution in [0.3, 0.4) is 0 Å². The van der Waals surface area contributed by atoms with Gasteiger partial charge in [-0.15, -0.1) is 11.8 Å². The maximum atomic E-state index is 2.29. The van der Waals surface area contributed by atoms with E-state index in [1.54, 1.807) is 0 Å². The molecule has 3 heteroatoms. The first-order valence-corrected chi connectivity index (χ1v) is 7.10. The third-order valence-corrected chi connectivity index (χ3v) is 4.51. The minimum absolute atomic E-state index is 0.913. The second kappa shape index (κ2) is 5.59. The van der Waals surface area contributed by atoms with Crippen molar-refractivity contribution in [2.75, 3.05) is 0 Å². The van der Waals surface area contributed by atoms with Crippen LogP contribution < -0.4 is 4.57 Å². The van der Waals surface area contributed by atoms with Gasteiger partial charge in [-0.1, -0.05) is 19.3 Å². The molecule has 0 bridgehead atoms. The first kappa shape index (κ1) is 11.1. The zero-order valence-electron chi connectivity index (χ0n) is 9.56. The molecule has 0 spiro atoms. The van der Waals surface area contributed by atoms with Gasteiger partial charge in [-0.2, -0.15) is 0 Å². The molecule has 0 atom stereocenters. The molecule has 84 valence electrons. The Morgan fingerprint density at radius 1 is 1.33 bits per heavy atom. The fraction of sp³-hybridized carbons (Fsp3) is 0.750. The zero-order valence-corrected chi connectivity index (χ0v) is 10.4. The molecule has 1 aromatic rings. The van der Waals surface area contributed by atoms with Crippen molar-refractivity contribution in [2.45, 2.75) is 56.7 Å². The lowest BCUT2D eigenvalue weighted by Crippen LogP contribution is -2.30. The third-order valence-electron chi connectivity index (χ3n) is 3.12. The van der Waals surface area contributed by atoms with Crippen molar-refractivity contribution in [3.05, 3.63) is 18.7 Å². The molecule has 2 nitrogen and oxygen atoms in total. The first-order chi connectivity index (χ1) is 7.38. The zero-order chi connectivity index (χ0) is 10.5. The van der Waals surface area contributed by atoms with Crippen molar-refractivity contribution < 1.29 is 4.57 Å². The summed E-state index contributed by atoms with van der Waals surface area (Å²) in [5.41, 5.74) is 0. The standard InChI is InChI=1S/C12H21N2S/c1-2-13-8-9-14(10-13)11-15-12-6-4-3-5-7-12/h8-10,12H,2-7,11H2,1H3/q+1. The molecule has 1 saturated carbocycles. The number of thioether (sulfide) groups is 1. The second-order valence-electron chi connectivity index (χ2n) is 4.31. The van der Waals surface area contributed by atoms with E-state index in [9.17, 15) is 0 Å². The molecule has 0 aromatic carbocycles. The first-order valence-electron chi connectivity index (χ1n) is 6.05. The van der Waals surface area contributed by atoms with Gasteiger partial charge in [-0.3, -0.25) is 0 Å². The third kappa shape index (κ3) is 3.26. The van der Waals surface area contributed by atoms with Crippen LogP contribution in [0.4, 0.5) is 0 Å². The Morgan fingerprint density at radius 3 is 2.80 bits per heavy atom. The summed E-state index contributed by atoms with van der Waals surface area (Å²) in [6.45, 7) is 3.25. The van der Waals surface area contributed by atoms with E-state index in [2.05, 4.69) is 46.5 Å². The fourth-order valence-electron chi connectivity index (χ4n) is 2.13. The molecule has 0 N–H and O–H groups in total. The van der Waals surface area contributed by atoms with E-state index in [-0.39, 0.29) is 0 Å². The van der Waals surface area contributed by atoms with Gasteiger partial charge in [0, 0.05) is 5.25 Å². The molecule has 0 amide bonds. The Labute approximate surface area is 96.7 Å². The van der Waals surface area contributed by atoms with Crippen molar-refractivity contribution in [3.63, 3.8) is 0 Å². The molecule has 1 fully saturated rings. The number of aromatic nitrogens is 2. The highest BCUT2D eigenvalue weighted by Crippen LogP contribution is 2.27. The van der Waals surface area contributed by atoms with E-state index in [1.165, 1.54) is 32.1 Å². The Kier molecular flexibility index (Phi) is 4.12. The van der Waals surface area contributed by atoms with Crippen LogP contribution in [0.25, 0.3) is 0 Å². The fourth-order valence-corrected chi connectivity index (χ4v) is 3.33. The van der Waals surface area contributed by atoms with Gasteiger partial charge >= 0.3 is 0 Å². The molecule has 15 heavy (non-hydrogen) atoms. The SMILES string of the molecule is CCn1cc[n+](CSC2CCCCC2)c1. The average Bonchev–Trinajstić information content (AvgIpc) is 2.76. The van der Waals surface area contributed by atoms with Crippen molar-refractivity contribution in [1.29, 1.82) is 0 Å². The van der Waals surface area contributed by atoms with Crippen LogP contribution in [-0.4, -0.2) is 9.82 Å². The van der Waals surface area contributed by atoms with Crippen LogP contribution in [-0.2, 0) is 12.4 Å². The smallest absolute Gasteiger partial charge is 0.237 e. The lowest BCUT2D eigenvalue weighted by Gasteiger charge is -2.19. The molecule has 0 radical (unpaired) electrons. The number of hydrogen-bond acceptors (Lipinski definition) is 1. The quantitative estimate of drug-likeness (QED) is 0.716. The molecule has 0 aliphatic heterocycles. The lowest BCUT2D eigenvalue weighted by molar-refractivity contribution is -0.675. The van der Waals surface area contributed by atoms with Crippen LogP contribution in [0.5, 0.6) is 0 Å². The van der Waals surface area contributed by atoms with Gasteiger partial charge in [0.25, 0.3) is 0 Å². The summed E-state index contributed by atoms with van der Waals surface area (Å²) in [5.74, 6) is 1.12. The second-order valence-corrected chi connectivity index (χ2v) is 5.57. The monoisotopic (exact) mass is 225 g/mol. The van der Waals surface area contributed by atoms with Crippen molar-refractivity contribution in [3.8, 4) is 0 Å². The van der Waals surface area contributed by atoms with Gasteiger partial charge < -0.3 is 0 Å². The summed E-state index contributed by atoms with van der Waals surface area (Å²) in [7, 11) is 0. The summed E-state index contributed by atoms with van der Waals surface area (Å²) < 4.78 is 4.52. The predicted octanol–water partition coefficient (Wildman–Crippen LogP) is 2.82. The van der Waals surface area contributed by atoms with Crippen LogP contribution in [0.1, 0.15) is 39.0 Å². The summed E-state index contributed by atoms with van der Waals surface area (Å²) >= 11 is 2.12. The number of nitrogens with zero attached hydrogens (tertiary/aromatic N) is 2. The number of aryl methyl sites for hydroxylation is 1. The number of hydrogen-bond donors (Lipinski definition) is 0. The van der Waals surface area contributed by atoms with Crippen molar-refractivity contribution >= 4 is 11.8 Å². The van der Waals surface area contributed by atoms with Crippen LogP contribution in [0.2, 0.25) is 0 Å². The van der Waals surface area contributed by atoms with Crippen molar-refractivity contribution in [2.24, 2.45) is 0 Å². The highest BCUT2D eigenvalue weighted by molar-refractivity contribution is 7.98. The predicted molar refractivity (Wildman–Crippen MR) is 64.8 cm³/mol. The number of imidazole rings is 1. The summed E-state index contributed by atoms with van der Waals surface area (Å²) in [6, 6.07) is 0. The van der Waals surface area contributed by atoms with E-state index >= 15 is 0 Å². The van der Waals surface area contributed by atoms with Crippen LogP contribution in [0, 0.1) is 0 Å². The van der Waals surface area contributed by atoms with Crippen LogP contribution >= 0.6 is 11.8 Å². The maximum absolute atomic E-state index is 2.29. The van der Waals surface area contributed by atoms with E-state index < -0.39 is 0 Å². The highest BCUT2D eigenvalue weighted by atomic mass is 32.2. The van der Waals surface area contributed by atoms with Gasteiger partial charge in [0.05, 0.1) is 6.54 Å². The molecule has 0 unspecified atom stereocenters.